The third-order valence-corrected chi connectivity index (χ3v) is 4.66. The number of hydrogen-bond acceptors (Lipinski definition) is 4. The number of nitrogens with one attached hydrogen (secondary N) is 4. The van der Waals surface area contributed by atoms with Crippen molar-refractivity contribution in [2.75, 3.05) is 12.5 Å². The van der Waals surface area contributed by atoms with Gasteiger partial charge in [-0.25, -0.2) is 0 Å². The molecule has 4 N–H and O–H groups in total. The van der Waals surface area contributed by atoms with Crippen molar-refractivity contribution >= 4 is 33.9 Å². The molecule has 0 unspecified atom stereocenters. The lowest BCUT2D eigenvalue weighted by atomic mass is 9.93. The summed E-state index contributed by atoms with van der Waals surface area (Å²) in [5, 5.41) is 22.6. The number of hydrogen-bond donors (Lipinski definition) is 4. The molecule has 1 rings (SSSR count). The summed E-state index contributed by atoms with van der Waals surface area (Å²) in [6, 6.07) is 2.19. The zero-order chi connectivity index (χ0) is 16.0. The van der Waals surface area contributed by atoms with E-state index in [0.29, 0.717) is 23.4 Å². The van der Waals surface area contributed by atoms with Crippen LogP contribution in [0.4, 0.5) is 0 Å². The molecule has 1 aromatic carbocycles. The van der Waals surface area contributed by atoms with Crippen LogP contribution in [0, 0.1) is 31.6 Å². The number of thioether (sulfide) groups is 2. The van der Waals surface area contributed by atoms with Crippen LogP contribution in [0.3, 0.4) is 0 Å². The van der Waals surface area contributed by atoms with Crippen LogP contribution < -0.4 is 10.6 Å². The minimum atomic E-state index is 0.484. The summed E-state index contributed by atoms with van der Waals surface area (Å²) in [5.41, 5.74) is 6.22. The van der Waals surface area contributed by atoms with Gasteiger partial charge in [0.15, 0.2) is 10.3 Å². The zero-order valence-corrected chi connectivity index (χ0v) is 14.9. The lowest BCUT2D eigenvalue weighted by Crippen LogP contribution is -2.22. The standard InChI is InChI=1S/C15H24N4S2/c1-9-6-10(2)13(8-19-15(17)21-5)11(3)12(9)7-18-14(16)20-4/h6H,7-8H2,1-5H3,(H2,16,18)(H2,17,19). The van der Waals surface area contributed by atoms with Gasteiger partial charge in [-0.3, -0.25) is 10.8 Å². The summed E-state index contributed by atoms with van der Waals surface area (Å²) >= 11 is 2.82. The second kappa shape index (κ2) is 8.34. The molecular weight excluding hydrogens is 300 g/mol. The van der Waals surface area contributed by atoms with Crippen molar-refractivity contribution in [3.05, 3.63) is 33.9 Å². The van der Waals surface area contributed by atoms with Crippen LogP contribution in [0.15, 0.2) is 6.07 Å². The molecule has 0 saturated carbocycles. The molecule has 0 atom stereocenters. The number of aryl methyl sites for hydroxylation is 2. The van der Waals surface area contributed by atoms with Gasteiger partial charge in [0.25, 0.3) is 0 Å². The molecule has 4 nitrogen and oxygen atoms in total. The molecule has 0 radical (unpaired) electrons. The normalized spacial score (nSPS) is 10.3. The second-order valence-corrected chi connectivity index (χ2v) is 6.50. The highest BCUT2D eigenvalue weighted by Crippen LogP contribution is 2.22. The molecular formula is C15H24N4S2. The minimum Gasteiger partial charge on any atom is -0.361 e. The van der Waals surface area contributed by atoms with E-state index in [4.69, 9.17) is 10.8 Å². The third kappa shape index (κ3) is 4.97. The van der Waals surface area contributed by atoms with E-state index in [9.17, 15) is 0 Å². The molecule has 116 valence electrons. The maximum absolute atomic E-state index is 7.69. The predicted molar refractivity (Wildman–Crippen MR) is 96.8 cm³/mol. The van der Waals surface area contributed by atoms with Gasteiger partial charge in [0.1, 0.15) is 0 Å². The molecule has 21 heavy (non-hydrogen) atoms. The molecule has 1 aromatic rings. The highest BCUT2D eigenvalue weighted by Gasteiger charge is 2.11. The highest BCUT2D eigenvalue weighted by molar-refractivity contribution is 8.13. The van der Waals surface area contributed by atoms with Crippen LogP contribution in [-0.2, 0) is 13.1 Å². The van der Waals surface area contributed by atoms with E-state index >= 15 is 0 Å². The van der Waals surface area contributed by atoms with E-state index in [1.165, 1.54) is 51.3 Å². The van der Waals surface area contributed by atoms with E-state index in [0.717, 1.165) is 0 Å². The Morgan fingerprint density at radius 3 is 1.62 bits per heavy atom. The monoisotopic (exact) mass is 324 g/mol. The van der Waals surface area contributed by atoms with Gasteiger partial charge in [-0.05, 0) is 61.1 Å². The van der Waals surface area contributed by atoms with E-state index in [1.54, 1.807) is 0 Å². The van der Waals surface area contributed by atoms with Gasteiger partial charge < -0.3 is 10.6 Å². The summed E-state index contributed by atoms with van der Waals surface area (Å²) in [4.78, 5) is 0. The molecule has 0 saturated heterocycles. The summed E-state index contributed by atoms with van der Waals surface area (Å²) < 4.78 is 0. The fourth-order valence-electron chi connectivity index (χ4n) is 2.30. The van der Waals surface area contributed by atoms with Crippen molar-refractivity contribution in [3.8, 4) is 0 Å². The average Bonchev–Trinajstić information content (AvgIpc) is 2.45. The maximum atomic E-state index is 7.69. The molecule has 0 aromatic heterocycles. The Labute approximate surface area is 135 Å². The van der Waals surface area contributed by atoms with E-state index in [1.807, 2.05) is 12.5 Å². The summed E-state index contributed by atoms with van der Waals surface area (Å²) in [6.07, 6.45) is 3.79. The van der Waals surface area contributed by atoms with Crippen molar-refractivity contribution < 1.29 is 0 Å². The van der Waals surface area contributed by atoms with Gasteiger partial charge >= 0.3 is 0 Å². The smallest absolute Gasteiger partial charge is 0.153 e. The molecule has 0 fully saturated rings. The predicted octanol–water partition coefficient (Wildman–Crippen LogP) is 3.39. The van der Waals surface area contributed by atoms with E-state index in [-0.39, 0.29) is 0 Å². The Morgan fingerprint density at radius 2 is 1.29 bits per heavy atom. The fourth-order valence-corrected chi connectivity index (χ4v) is 2.73. The first-order chi connectivity index (χ1) is 9.90. The van der Waals surface area contributed by atoms with Crippen LogP contribution in [0.2, 0.25) is 0 Å². The largest absolute Gasteiger partial charge is 0.361 e. The molecule has 0 heterocycles. The zero-order valence-electron chi connectivity index (χ0n) is 13.3. The first-order valence-electron chi connectivity index (χ1n) is 6.72. The van der Waals surface area contributed by atoms with Crippen molar-refractivity contribution in [3.63, 3.8) is 0 Å². The molecule has 0 amide bonds. The SMILES string of the molecule is CSC(=N)NCc1c(C)cc(C)c(CNC(=N)SC)c1C. The topological polar surface area (TPSA) is 71.8 Å². The second-order valence-electron chi connectivity index (χ2n) is 4.87. The Kier molecular flexibility index (Phi) is 7.11. The number of benzene rings is 1. The molecule has 0 aliphatic heterocycles. The maximum Gasteiger partial charge on any atom is 0.153 e. The number of amidine groups is 2. The van der Waals surface area contributed by atoms with Crippen LogP contribution >= 0.6 is 23.5 Å². The van der Waals surface area contributed by atoms with Crippen molar-refractivity contribution in [1.82, 2.24) is 10.6 Å². The Bertz CT molecular complexity index is 497. The van der Waals surface area contributed by atoms with Crippen molar-refractivity contribution in [1.29, 1.82) is 10.8 Å². The lowest BCUT2D eigenvalue weighted by molar-refractivity contribution is 0.861. The molecule has 0 spiro atoms. The van der Waals surface area contributed by atoms with Gasteiger partial charge in [-0.2, -0.15) is 0 Å². The van der Waals surface area contributed by atoms with Crippen LogP contribution in [0.5, 0.6) is 0 Å². The minimum absolute atomic E-state index is 0.484. The van der Waals surface area contributed by atoms with Gasteiger partial charge in [-0.15, -0.1) is 0 Å². The molecule has 6 heteroatoms. The Hall–Kier alpha value is -1.14. The quantitative estimate of drug-likeness (QED) is 0.506. The van der Waals surface area contributed by atoms with E-state index < -0.39 is 0 Å². The van der Waals surface area contributed by atoms with Gasteiger partial charge in [0.05, 0.1) is 0 Å². The summed E-state index contributed by atoms with van der Waals surface area (Å²) in [5.74, 6) is 0. The highest BCUT2D eigenvalue weighted by atomic mass is 32.2. The Morgan fingerprint density at radius 1 is 0.905 bits per heavy atom. The molecule has 0 bridgehead atoms. The van der Waals surface area contributed by atoms with Gasteiger partial charge in [-0.1, -0.05) is 29.6 Å². The molecule has 0 aliphatic carbocycles. The van der Waals surface area contributed by atoms with Crippen LogP contribution in [0.25, 0.3) is 0 Å². The third-order valence-electron chi connectivity index (χ3n) is 3.55. The molecule has 0 aliphatic rings. The fraction of sp³-hybridized carbons (Fsp3) is 0.467. The average molecular weight is 325 g/mol. The van der Waals surface area contributed by atoms with Crippen LogP contribution in [0.1, 0.15) is 27.8 Å². The van der Waals surface area contributed by atoms with Gasteiger partial charge in [0, 0.05) is 13.1 Å². The van der Waals surface area contributed by atoms with Crippen molar-refractivity contribution in [2.24, 2.45) is 0 Å². The van der Waals surface area contributed by atoms with Crippen molar-refractivity contribution in [2.45, 2.75) is 33.9 Å². The first kappa shape index (κ1) is 17.9. The first-order valence-corrected chi connectivity index (χ1v) is 9.17. The Balaban J connectivity index is 2.98. The summed E-state index contributed by atoms with van der Waals surface area (Å²) in [7, 11) is 0. The van der Waals surface area contributed by atoms with Crippen LogP contribution in [-0.4, -0.2) is 22.8 Å². The van der Waals surface area contributed by atoms with E-state index in [2.05, 4.69) is 37.5 Å². The number of rotatable bonds is 4. The lowest BCUT2D eigenvalue weighted by Gasteiger charge is -2.19. The van der Waals surface area contributed by atoms with Gasteiger partial charge in [0.2, 0.25) is 0 Å². The summed E-state index contributed by atoms with van der Waals surface area (Å²) in [6.45, 7) is 7.69.